The topological polar surface area (TPSA) is 81.4 Å². The van der Waals surface area contributed by atoms with E-state index < -0.39 is 10.0 Å². The number of rotatable bonds is 6. The van der Waals surface area contributed by atoms with Crippen molar-refractivity contribution in [3.63, 3.8) is 0 Å². The van der Waals surface area contributed by atoms with Gasteiger partial charge >= 0.3 is 0 Å². The normalized spacial score (nSPS) is 13.5. The van der Waals surface area contributed by atoms with E-state index in [1.54, 1.807) is 13.8 Å². The Labute approximate surface area is 119 Å². The Morgan fingerprint density at radius 2 is 2.11 bits per heavy atom. The van der Waals surface area contributed by atoms with Crippen LogP contribution in [0.25, 0.3) is 0 Å². The van der Waals surface area contributed by atoms with Crippen LogP contribution in [0.5, 0.6) is 0 Å². The number of halogens is 1. The zero-order chi connectivity index (χ0) is 14.6. The van der Waals surface area contributed by atoms with Gasteiger partial charge in [0.15, 0.2) is 0 Å². The lowest BCUT2D eigenvalue weighted by Crippen LogP contribution is -2.32. The number of hydrogen-bond acceptors (Lipinski definition) is 4. The largest absolute Gasteiger partial charge is 0.398 e. The second-order valence-electron chi connectivity index (χ2n) is 4.26. The van der Waals surface area contributed by atoms with Crippen LogP contribution in [0.1, 0.15) is 19.4 Å². The van der Waals surface area contributed by atoms with Crippen molar-refractivity contribution in [3.8, 4) is 0 Å². The summed E-state index contributed by atoms with van der Waals surface area (Å²) in [4.78, 5) is -0.0130. The van der Waals surface area contributed by atoms with Gasteiger partial charge in [0.1, 0.15) is 4.90 Å². The van der Waals surface area contributed by atoms with Crippen molar-refractivity contribution >= 4 is 27.3 Å². The molecule has 1 atom stereocenters. The molecule has 1 aromatic carbocycles. The van der Waals surface area contributed by atoms with Crippen LogP contribution in [0.4, 0.5) is 5.69 Å². The van der Waals surface area contributed by atoms with E-state index in [4.69, 9.17) is 22.1 Å². The van der Waals surface area contributed by atoms with Crippen LogP contribution in [0.2, 0.25) is 5.02 Å². The van der Waals surface area contributed by atoms with E-state index in [1.807, 2.05) is 6.92 Å². The molecule has 0 saturated heterocycles. The summed E-state index contributed by atoms with van der Waals surface area (Å²) in [6, 6.07) is 2.91. The third kappa shape index (κ3) is 4.35. The average molecular weight is 307 g/mol. The van der Waals surface area contributed by atoms with Gasteiger partial charge in [0, 0.05) is 18.8 Å². The predicted molar refractivity (Wildman–Crippen MR) is 76.9 cm³/mol. The predicted octanol–water partition coefficient (Wildman–Crippen LogP) is 1.93. The van der Waals surface area contributed by atoms with E-state index in [0.29, 0.717) is 12.3 Å². The van der Waals surface area contributed by atoms with Crippen molar-refractivity contribution < 1.29 is 13.2 Å². The van der Waals surface area contributed by atoms with Gasteiger partial charge in [-0.25, -0.2) is 13.1 Å². The zero-order valence-corrected chi connectivity index (χ0v) is 12.8. The van der Waals surface area contributed by atoms with Crippen LogP contribution in [-0.2, 0) is 14.8 Å². The highest BCUT2D eigenvalue weighted by atomic mass is 35.5. The summed E-state index contributed by atoms with van der Waals surface area (Å²) >= 11 is 5.96. The van der Waals surface area contributed by atoms with Crippen LogP contribution < -0.4 is 10.5 Å². The molecular weight excluding hydrogens is 288 g/mol. The molecule has 3 N–H and O–H groups in total. The molecule has 1 aromatic rings. The first kappa shape index (κ1) is 16.2. The highest BCUT2D eigenvalue weighted by Gasteiger charge is 2.19. The monoisotopic (exact) mass is 306 g/mol. The van der Waals surface area contributed by atoms with Gasteiger partial charge in [-0.3, -0.25) is 0 Å². The number of hydrogen-bond donors (Lipinski definition) is 2. The minimum absolute atomic E-state index is 0.0130. The molecule has 5 nitrogen and oxygen atoms in total. The fourth-order valence-electron chi connectivity index (χ4n) is 1.52. The van der Waals surface area contributed by atoms with E-state index in [2.05, 4.69) is 4.72 Å². The van der Waals surface area contributed by atoms with Crippen LogP contribution in [0.15, 0.2) is 17.0 Å². The molecule has 0 aliphatic carbocycles. The lowest BCUT2D eigenvalue weighted by Gasteiger charge is -2.14. The number of benzene rings is 1. The number of nitrogens with two attached hydrogens (primary N) is 1. The molecule has 0 aliphatic heterocycles. The van der Waals surface area contributed by atoms with Gasteiger partial charge in [-0.2, -0.15) is 0 Å². The molecule has 0 radical (unpaired) electrons. The molecule has 19 heavy (non-hydrogen) atoms. The molecule has 0 fully saturated rings. The Kier molecular flexibility index (Phi) is 5.61. The highest BCUT2D eigenvalue weighted by Crippen LogP contribution is 2.26. The van der Waals surface area contributed by atoms with Crippen molar-refractivity contribution in [1.29, 1.82) is 0 Å². The molecule has 0 heterocycles. The van der Waals surface area contributed by atoms with Crippen molar-refractivity contribution in [3.05, 3.63) is 22.7 Å². The third-order valence-corrected chi connectivity index (χ3v) is 4.51. The van der Waals surface area contributed by atoms with Gasteiger partial charge in [0.25, 0.3) is 0 Å². The van der Waals surface area contributed by atoms with Crippen molar-refractivity contribution in [2.24, 2.45) is 0 Å². The standard InChI is InChI=1S/C12H19ClN2O3S/c1-4-18-9(3)7-15-19(16,17)12-6-11(14)8(2)5-10(12)13/h5-6,9,15H,4,7,14H2,1-3H3. The summed E-state index contributed by atoms with van der Waals surface area (Å²) in [5, 5.41) is 0.156. The fourth-order valence-corrected chi connectivity index (χ4v) is 3.25. The van der Waals surface area contributed by atoms with Gasteiger partial charge in [-0.1, -0.05) is 11.6 Å². The second kappa shape index (κ2) is 6.56. The van der Waals surface area contributed by atoms with E-state index in [1.165, 1.54) is 12.1 Å². The molecule has 0 saturated carbocycles. The number of aryl methyl sites for hydroxylation is 1. The van der Waals surface area contributed by atoms with Crippen molar-refractivity contribution in [2.45, 2.75) is 31.8 Å². The molecule has 0 amide bonds. The number of nitrogens with one attached hydrogen (secondary N) is 1. The number of anilines is 1. The summed E-state index contributed by atoms with van der Waals surface area (Å²) in [7, 11) is -3.69. The maximum absolute atomic E-state index is 12.1. The molecule has 1 unspecified atom stereocenters. The van der Waals surface area contributed by atoms with Crippen LogP contribution in [-0.4, -0.2) is 27.7 Å². The first-order valence-corrected chi connectivity index (χ1v) is 7.81. The first-order chi connectivity index (χ1) is 8.77. The zero-order valence-electron chi connectivity index (χ0n) is 11.2. The highest BCUT2D eigenvalue weighted by molar-refractivity contribution is 7.89. The number of sulfonamides is 1. The van der Waals surface area contributed by atoms with Crippen LogP contribution >= 0.6 is 11.6 Å². The van der Waals surface area contributed by atoms with E-state index >= 15 is 0 Å². The quantitative estimate of drug-likeness (QED) is 0.787. The lowest BCUT2D eigenvalue weighted by atomic mass is 10.2. The summed E-state index contributed by atoms with van der Waals surface area (Å²) < 4.78 is 32.0. The van der Waals surface area contributed by atoms with Gasteiger partial charge in [-0.05, 0) is 38.5 Å². The Morgan fingerprint density at radius 3 is 2.68 bits per heavy atom. The first-order valence-electron chi connectivity index (χ1n) is 5.94. The minimum Gasteiger partial charge on any atom is -0.398 e. The minimum atomic E-state index is -3.69. The van der Waals surface area contributed by atoms with Gasteiger partial charge in [0.05, 0.1) is 11.1 Å². The van der Waals surface area contributed by atoms with Gasteiger partial charge in [0.2, 0.25) is 10.0 Å². The average Bonchev–Trinajstić information content (AvgIpc) is 2.31. The molecule has 0 spiro atoms. The van der Waals surface area contributed by atoms with E-state index in [0.717, 1.165) is 5.56 Å². The van der Waals surface area contributed by atoms with Crippen molar-refractivity contribution in [1.82, 2.24) is 4.72 Å². The van der Waals surface area contributed by atoms with Gasteiger partial charge in [-0.15, -0.1) is 0 Å². The number of nitrogen functional groups attached to an aromatic ring is 1. The third-order valence-electron chi connectivity index (χ3n) is 2.62. The molecule has 0 aromatic heterocycles. The summed E-state index contributed by atoms with van der Waals surface area (Å²) in [6.07, 6.45) is -0.207. The molecule has 7 heteroatoms. The smallest absolute Gasteiger partial charge is 0.242 e. The summed E-state index contributed by atoms with van der Waals surface area (Å²) in [5.41, 5.74) is 6.85. The fraction of sp³-hybridized carbons (Fsp3) is 0.500. The van der Waals surface area contributed by atoms with Crippen molar-refractivity contribution in [2.75, 3.05) is 18.9 Å². The molecule has 1 rings (SSSR count). The molecule has 108 valence electrons. The summed E-state index contributed by atoms with van der Waals surface area (Å²) in [6.45, 7) is 6.11. The Hall–Kier alpha value is -0.820. The maximum Gasteiger partial charge on any atom is 0.242 e. The summed E-state index contributed by atoms with van der Waals surface area (Å²) in [5.74, 6) is 0. The Morgan fingerprint density at radius 1 is 1.47 bits per heavy atom. The molecule has 0 bridgehead atoms. The lowest BCUT2D eigenvalue weighted by molar-refractivity contribution is 0.0799. The van der Waals surface area contributed by atoms with E-state index in [-0.39, 0.29) is 22.6 Å². The van der Waals surface area contributed by atoms with Crippen LogP contribution in [0.3, 0.4) is 0 Å². The molecular formula is C12H19ClN2O3S. The SMILES string of the molecule is CCOC(C)CNS(=O)(=O)c1cc(N)c(C)cc1Cl. The number of ether oxygens (including phenoxy) is 1. The maximum atomic E-state index is 12.1. The Bertz CT molecular complexity index is 546. The Balaban J connectivity index is 2.92. The second-order valence-corrected chi connectivity index (χ2v) is 6.40. The molecule has 0 aliphatic rings. The van der Waals surface area contributed by atoms with E-state index in [9.17, 15) is 8.42 Å². The van der Waals surface area contributed by atoms with Gasteiger partial charge < -0.3 is 10.5 Å². The van der Waals surface area contributed by atoms with Crippen LogP contribution in [0, 0.1) is 6.92 Å².